The minimum Gasteiger partial charge on any atom is -0.497 e. The number of nitrogens with one attached hydrogen (secondary N) is 1. The SMILES string of the molecule is COc1ccc(CN=NC(=S)N[C@@H]2O[C@H](CO)[C@@H](O)[C@H](O)[C@H]2O)cc1. The van der Waals surface area contributed by atoms with E-state index in [0.717, 1.165) is 11.3 Å². The highest BCUT2D eigenvalue weighted by molar-refractivity contribution is 7.80. The molecule has 0 aromatic heterocycles. The lowest BCUT2D eigenvalue weighted by Crippen LogP contribution is -2.62. The van der Waals surface area contributed by atoms with E-state index < -0.39 is 37.3 Å². The van der Waals surface area contributed by atoms with Gasteiger partial charge in [-0.1, -0.05) is 12.1 Å². The summed E-state index contributed by atoms with van der Waals surface area (Å²) in [5, 5.41) is 48.7. The van der Waals surface area contributed by atoms with Crippen molar-refractivity contribution in [1.29, 1.82) is 0 Å². The highest BCUT2D eigenvalue weighted by Crippen LogP contribution is 2.19. The molecule has 138 valence electrons. The molecule has 0 amide bonds. The van der Waals surface area contributed by atoms with Crippen molar-refractivity contribution < 1.29 is 29.9 Å². The van der Waals surface area contributed by atoms with Crippen LogP contribution in [0.2, 0.25) is 0 Å². The van der Waals surface area contributed by atoms with Crippen molar-refractivity contribution in [2.75, 3.05) is 13.7 Å². The fourth-order valence-corrected chi connectivity index (χ4v) is 2.46. The summed E-state index contributed by atoms with van der Waals surface area (Å²) in [4.78, 5) is 0. The number of ether oxygens (including phenoxy) is 2. The lowest BCUT2D eigenvalue weighted by atomic mass is 9.98. The Labute approximate surface area is 149 Å². The van der Waals surface area contributed by atoms with Crippen molar-refractivity contribution in [1.82, 2.24) is 5.32 Å². The number of hydrogen-bond donors (Lipinski definition) is 5. The van der Waals surface area contributed by atoms with Gasteiger partial charge in [0.2, 0.25) is 5.11 Å². The summed E-state index contributed by atoms with van der Waals surface area (Å²) >= 11 is 5.00. The summed E-state index contributed by atoms with van der Waals surface area (Å²) in [6.07, 6.45) is -6.49. The molecule has 1 fully saturated rings. The van der Waals surface area contributed by atoms with Crippen LogP contribution >= 0.6 is 12.2 Å². The minimum atomic E-state index is -1.48. The first kappa shape index (κ1) is 19.6. The molecular formula is C15H21N3O6S. The summed E-state index contributed by atoms with van der Waals surface area (Å²) in [6.45, 7) is -0.227. The number of hydrogen-bond acceptors (Lipinski definition) is 8. The molecule has 10 heteroatoms. The molecule has 1 heterocycles. The number of aliphatic hydroxyl groups excluding tert-OH is 4. The molecular weight excluding hydrogens is 350 g/mol. The quantitative estimate of drug-likeness (QED) is 0.339. The molecule has 0 unspecified atom stereocenters. The van der Waals surface area contributed by atoms with Crippen molar-refractivity contribution in [3.63, 3.8) is 0 Å². The van der Waals surface area contributed by atoms with Gasteiger partial charge < -0.3 is 35.2 Å². The van der Waals surface area contributed by atoms with E-state index in [0.29, 0.717) is 6.54 Å². The van der Waals surface area contributed by atoms with Crippen LogP contribution in [-0.2, 0) is 11.3 Å². The Kier molecular flexibility index (Phi) is 7.17. The first-order valence-electron chi connectivity index (χ1n) is 7.57. The van der Waals surface area contributed by atoms with Crippen LogP contribution in [0.4, 0.5) is 0 Å². The second-order valence-corrected chi connectivity index (χ2v) is 5.83. The third-order valence-electron chi connectivity index (χ3n) is 3.73. The standard InChI is InChI=1S/C15H21N3O6S/c1-23-9-4-2-8(3-5-9)6-16-18-15(25)17-14-13(22)12(21)11(20)10(7-19)24-14/h2-5,10-14,19-22H,6-7H2,1H3,(H,17,25)/t10-,11-,12+,13-,14-/m1/s1. The molecule has 2 rings (SSSR count). The molecule has 5 atom stereocenters. The van der Waals surface area contributed by atoms with Crippen LogP contribution in [0.15, 0.2) is 34.5 Å². The second kappa shape index (κ2) is 9.13. The van der Waals surface area contributed by atoms with E-state index in [1.165, 1.54) is 0 Å². The van der Waals surface area contributed by atoms with E-state index in [1.54, 1.807) is 19.2 Å². The van der Waals surface area contributed by atoms with Crippen LogP contribution in [-0.4, -0.2) is 69.9 Å². The maximum Gasteiger partial charge on any atom is 0.215 e. The van der Waals surface area contributed by atoms with Gasteiger partial charge in [-0.25, -0.2) is 0 Å². The number of benzene rings is 1. The third-order valence-corrected chi connectivity index (χ3v) is 3.93. The normalized spacial score (nSPS) is 29.6. The highest BCUT2D eigenvalue weighted by atomic mass is 32.1. The Morgan fingerprint density at radius 3 is 2.48 bits per heavy atom. The smallest absolute Gasteiger partial charge is 0.215 e. The molecule has 0 saturated carbocycles. The van der Waals surface area contributed by atoms with Crippen LogP contribution in [0.1, 0.15) is 5.56 Å². The second-order valence-electron chi connectivity index (χ2n) is 5.45. The minimum absolute atomic E-state index is 0.0576. The molecule has 9 nitrogen and oxygen atoms in total. The zero-order valence-corrected chi connectivity index (χ0v) is 14.3. The first-order valence-corrected chi connectivity index (χ1v) is 7.98. The Bertz CT molecular complexity index is 597. The molecule has 1 saturated heterocycles. The van der Waals surface area contributed by atoms with E-state index in [-0.39, 0.29) is 5.11 Å². The van der Waals surface area contributed by atoms with Gasteiger partial charge in [-0.2, -0.15) is 5.11 Å². The Morgan fingerprint density at radius 1 is 1.20 bits per heavy atom. The van der Waals surface area contributed by atoms with E-state index in [4.69, 9.17) is 26.8 Å². The number of aliphatic hydroxyl groups is 4. The van der Waals surface area contributed by atoms with Gasteiger partial charge in [-0.15, -0.1) is 5.11 Å². The van der Waals surface area contributed by atoms with Gasteiger partial charge in [0.25, 0.3) is 0 Å². The molecule has 0 radical (unpaired) electrons. The van der Waals surface area contributed by atoms with Gasteiger partial charge in [-0.3, -0.25) is 0 Å². The van der Waals surface area contributed by atoms with E-state index in [1.807, 2.05) is 12.1 Å². The maximum absolute atomic E-state index is 9.90. The molecule has 1 aromatic rings. The summed E-state index contributed by atoms with van der Waals surface area (Å²) in [5.41, 5.74) is 0.903. The van der Waals surface area contributed by atoms with Crippen LogP contribution < -0.4 is 10.1 Å². The topological polar surface area (TPSA) is 136 Å². The van der Waals surface area contributed by atoms with Crippen LogP contribution in [0, 0.1) is 0 Å². The average molecular weight is 371 g/mol. The lowest BCUT2D eigenvalue weighted by molar-refractivity contribution is -0.232. The highest BCUT2D eigenvalue weighted by Gasteiger charge is 2.43. The van der Waals surface area contributed by atoms with Gasteiger partial charge in [0, 0.05) is 0 Å². The average Bonchev–Trinajstić information content (AvgIpc) is 2.62. The Morgan fingerprint density at radius 2 is 1.88 bits per heavy atom. The summed E-state index contributed by atoms with van der Waals surface area (Å²) in [7, 11) is 1.58. The summed E-state index contributed by atoms with van der Waals surface area (Å²) < 4.78 is 10.3. The van der Waals surface area contributed by atoms with Crippen LogP contribution in [0.5, 0.6) is 5.75 Å². The van der Waals surface area contributed by atoms with E-state index in [9.17, 15) is 15.3 Å². The van der Waals surface area contributed by atoms with Gasteiger partial charge in [0.05, 0.1) is 20.3 Å². The van der Waals surface area contributed by atoms with E-state index >= 15 is 0 Å². The number of methoxy groups -OCH3 is 1. The van der Waals surface area contributed by atoms with Gasteiger partial charge in [-0.05, 0) is 29.9 Å². The number of nitrogens with zero attached hydrogens (tertiary/aromatic N) is 2. The molecule has 0 spiro atoms. The molecule has 5 N–H and O–H groups in total. The fourth-order valence-electron chi connectivity index (χ4n) is 2.28. The molecule has 0 aliphatic carbocycles. The fraction of sp³-hybridized carbons (Fsp3) is 0.533. The molecule has 0 bridgehead atoms. The predicted octanol–water partition coefficient (Wildman–Crippen LogP) is -0.678. The van der Waals surface area contributed by atoms with Crippen molar-refractivity contribution in [3.8, 4) is 5.75 Å². The monoisotopic (exact) mass is 371 g/mol. The van der Waals surface area contributed by atoms with Gasteiger partial charge in [0.1, 0.15) is 30.2 Å². The predicted molar refractivity (Wildman–Crippen MR) is 91.1 cm³/mol. The molecule has 1 aromatic carbocycles. The van der Waals surface area contributed by atoms with Crippen molar-refractivity contribution in [2.45, 2.75) is 37.2 Å². The van der Waals surface area contributed by atoms with Crippen molar-refractivity contribution in [3.05, 3.63) is 29.8 Å². The zero-order chi connectivity index (χ0) is 18.4. The first-order chi connectivity index (χ1) is 12.0. The summed E-state index contributed by atoms with van der Waals surface area (Å²) in [5.74, 6) is 0.737. The molecule has 1 aliphatic rings. The molecule has 25 heavy (non-hydrogen) atoms. The van der Waals surface area contributed by atoms with E-state index in [2.05, 4.69) is 15.5 Å². The van der Waals surface area contributed by atoms with Crippen molar-refractivity contribution in [2.24, 2.45) is 10.2 Å². The Hall–Kier alpha value is -1.69. The van der Waals surface area contributed by atoms with Crippen molar-refractivity contribution >= 4 is 17.3 Å². The lowest BCUT2D eigenvalue weighted by Gasteiger charge is -2.40. The summed E-state index contributed by atoms with van der Waals surface area (Å²) in [6, 6.07) is 7.28. The number of rotatable bonds is 5. The van der Waals surface area contributed by atoms with Gasteiger partial charge >= 0.3 is 0 Å². The Balaban J connectivity index is 1.87. The van der Waals surface area contributed by atoms with Gasteiger partial charge in [0.15, 0.2) is 6.23 Å². The largest absolute Gasteiger partial charge is 0.497 e. The van der Waals surface area contributed by atoms with Crippen LogP contribution in [0.3, 0.4) is 0 Å². The third kappa shape index (κ3) is 5.14. The maximum atomic E-state index is 9.90. The number of thiocarbonyl (C=S) groups is 1. The zero-order valence-electron chi connectivity index (χ0n) is 13.5. The number of azo groups is 1. The molecule has 1 aliphatic heterocycles. The van der Waals surface area contributed by atoms with Crippen LogP contribution in [0.25, 0.3) is 0 Å².